The molecule has 10 rings (SSSR count). The molecule has 0 saturated carbocycles. The number of anilines is 4. The number of hydrogen-bond donors (Lipinski definition) is 0. The second kappa shape index (κ2) is 12.9. The van der Waals surface area contributed by atoms with Gasteiger partial charge in [0.05, 0.1) is 5.69 Å². The predicted molar refractivity (Wildman–Crippen MR) is 214 cm³/mol. The smallest absolute Gasteiger partial charge is 0.135 e. The van der Waals surface area contributed by atoms with E-state index in [2.05, 4.69) is 145 Å². The van der Waals surface area contributed by atoms with Crippen LogP contribution in [0.4, 0.5) is 22.9 Å². The maximum absolute atomic E-state index is 6.53. The van der Waals surface area contributed by atoms with Crippen molar-refractivity contribution in [1.82, 2.24) is 14.5 Å². The summed E-state index contributed by atoms with van der Waals surface area (Å²) in [7, 11) is 0. The van der Waals surface area contributed by atoms with E-state index in [0.29, 0.717) is 11.5 Å². The molecule has 0 amide bonds. The van der Waals surface area contributed by atoms with Crippen LogP contribution >= 0.6 is 11.3 Å². The summed E-state index contributed by atoms with van der Waals surface area (Å²) < 4.78 is 11.2. The van der Waals surface area contributed by atoms with Crippen LogP contribution in [0.15, 0.2) is 134 Å². The molecule has 0 bridgehead atoms. The van der Waals surface area contributed by atoms with Crippen molar-refractivity contribution in [3.8, 4) is 17.3 Å². The van der Waals surface area contributed by atoms with Gasteiger partial charge in [-0.25, -0.2) is 9.97 Å². The van der Waals surface area contributed by atoms with Gasteiger partial charge in [-0.15, -0.1) is 59.4 Å². The van der Waals surface area contributed by atoms with E-state index < -0.39 is 0 Å². The number of benzene rings is 5. The average molecular weight is 886 g/mol. The molecule has 5 aromatic carbocycles. The third kappa shape index (κ3) is 5.58. The van der Waals surface area contributed by atoms with Crippen LogP contribution in [-0.4, -0.2) is 14.5 Å². The van der Waals surface area contributed by atoms with Crippen LogP contribution in [0.2, 0.25) is 0 Å². The van der Waals surface area contributed by atoms with Gasteiger partial charge in [0.1, 0.15) is 11.6 Å². The Labute approximate surface area is 326 Å². The number of ether oxygens (including phenoxy) is 1. The summed E-state index contributed by atoms with van der Waals surface area (Å²) in [6.07, 6.45) is 3.74. The second-order valence-electron chi connectivity index (χ2n) is 14.0. The van der Waals surface area contributed by atoms with Gasteiger partial charge in [0.25, 0.3) is 0 Å². The van der Waals surface area contributed by atoms with Gasteiger partial charge in [-0.2, -0.15) is 12.1 Å². The molecule has 8 heteroatoms. The third-order valence-corrected chi connectivity index (χ3v) is 10.9. The van der Waals surface area contributed by atoms with E-state index in [9.17, 15) is 0 Å². The molecule has 0 N–H and O–H groups in total. The van der Waals surface area contributed by atoms with Crippen molar-refractivity contribution in [2.24, 2.45) is 0 Å². The molecule has 53 heavy (non-hydrogen) atoms. The number of para-hydroxylation sites is 1. The first-order valence-corrected chi connectivity index (χ1v) is 18.1. The normalized spacial score (nSPS) is 12.9. The van der Waals surface area contributed by atoms with E-state index in [1.54, 1.807) is 0 Å². The summed E-state index contributed by atoms with van der Waals surface area (Å²) in [5.41, 5.74) is 6.09. The van der Waals surface area contributed by atoms with E-state index >= 15 is 0 Å². The monoisotopic (exact) mass is 885 g/mol. The fourth-order valence-electron chi connectivity index (χ4n) is 7.25. The van der Waals surface area contributed by atoms with Crippen LogP contribution in [0.1, 0.15) is 26.3 Å². The Morgan fingerprint density at radius 3 is 2.32 bits per heavy atom. The molecule has 1 aliphatic heterocycles. The molecular weight excluding hydrogens is 854 g/mol. The number of nitrogens with zero attached hydrogens (tertiary/aromatic N) is 5. The van der Waals surface area contributed by atoms with Gasteiger partial charge in [-0.3, -0.25) is 0 Å². The van der Waals surface area contributed by atoms with Crippen LogP contribution in [0.25, 0.3) is 47.8 Å². The number of aromatic nitrogens is 3. The Hall–Kier alpha value is -5.49. The fourth-order valence-corrected chi connectivity index (χ4v) is 8.38. The van der Waals surface area contributed by atoms with Crippen LogP contribution in [-0.2, 0) is 26.5 Å². The molecule has 0 fully saturated rings. The topological polar surface area (TPSA) is 46.4 Å². The Morgan fingerprint density at radius 1 is 0.660 bits per heavy atom. The van der Waals surface area contributed by atoms with Gasteiger partial charge in [-0.1, -0.05) is 68.8 Å². The molecular formula is C45H32N5OPtS-3. The Kier molecular flexibility index (Phi) is 8.10. The van der Waals surface area contributed by atoms with Crippen molar-refractivity contribution >= 4 is 76.2 Å². The van der Waals surface area contributed by atoms with Crippen molar-refractivity contribution in [3.05, 3.63) is 158 Å². The van der Waals surface area contributed by atoms with Crippen molar-refractivity contribution in [2.45, 2.75) is 26.2 Å². The SMILES string of the molecule is CC(C)(C)c1ccnc(-n2c3[c-]c(Oc4[c-]c(N5[CH-]N(c6cccc7sc8ccccc8c67)c6ncccc65)ccc4)ccc3c3ccccc32)c1.[Pt]. The summed E-state index contributed by atoms with van der Waals surface area (Å²) in [5.74, 6) is 2.91. The third-order valence-electron chi connectivity index (χ3n) is 9.75. The molecule has 4 aromatic heterocycles. The second-order valence-corrected chi connectivity index (χ2v) is 15.1. The molecule has 262 valence electrons. The van der Waals surface area contributed by atoms with Gasteiger partial charge in [0, 0.05) is 76.3 Å². The summed E-state index contributed by atoms with van der Waals surface area (Å²) in [6.45, 7) is 8.76. The van der Waals surface area contributed by atoms with Crippen LogP contribution in [0.5, 0.6) is 11.5 Å². The first kappa shape index (κ1) is 33.4. The molecule has 0 saturated heterocycles. The van der Waals surface area contributed by atoms with Gasteiger partial charge in [-0.05, 0) is 64.9 Å². The molecule has 0 unspecified atom stereocenters. The minimum atomic E-state index is -0.0126. The van der Waals surface area contributed by atoms with Crippen LogP contribution in [0.3, 0.4) is 0 Å². The standard InChI is InChI=1S/C45H32N5OS.Pt/c1-45(2,3)29-22-24-46-42(25-29)50-36-15-6-4-13-33(36)34-21-20-32(27-39(34)50)51-31-12-8-11-30(26-31)48-28-49(44-38(48)17-10-23-47-44)37-16-9-19-41-43(37)35-14-5-7-18-40(35)52-41;/h4-25,28H,1-3H3;/q-3;. The summed E-state index contributed by atoms with van der Waals surface area (Å²) in [6, 6.07) is 49.0. The number of rotatable bonds is 5. The van der Waals surface area contributed by atoms with Gasteiger partial charge in [0.2, 0.25) is 0 Å². The van der Waals surface area contributed by atoms with E-state index in [-0.39, 0.29) is 26.5 Å². The quantitative estimate of drug-likeness (QED) is 0.161. The van der Waals surface area contributed by atoms with Crippen molar-refractivity contribution in [1.29, 1.82) is 0 Å². The van der Waals surface area contributed by atoms with E-state index in [1.165, 1.54) is 25.7 Å². The fraction of sp³-hybridized carbons (Fsp3) is 0.0889. The Balaban J connectivity index is 0.00000372. The van der Waals surface area contributed by atoms with Gasteiger partial charge in [0.15, 0.2) is 0 Å². The summed E-state index contributed by atoms with van der Waals surface area (Å²) in [4.78, 5) is 14.0. The molecule has 1 aliphatic rings. The zero-order chi connectivity index (χ0) is 35.0. The average Bonchev–Trinajstić information content (AvgIpc) is 3.84. The minimum absolute atomic E-state index is 0. The summed E-state index contributed by atoms with van der Waals surface area (Å²) in [5, 5.41) is 4.70. The predicted octanol–water partition coefficient (Wildman–Crippen LogP) is 12.0. The summed E-state index contributed by atoms with van der Waals surface area (Å²) >= 11 is 1.81. The van der Waals surface area contributed by atoms with E-state index in [4.69, 9.17) is 14.7 Å². The zero-order valence-electron chi connectivity index (χ0n) is 29.1. The number of pyridine rings is 2. The van der Waals surface area contributed by atoms with E-state index in [0.717, 1.165) is 50.5 Å². The maximum Gasteiger partial charge on any atom is 0.135 e. The molecule has 5 heterocycles. The molecule has 6 nitrogen and oxygen atoms in total. The molecule has 0 aliphatic carbocycles. The van der Waals surface area contributed by atoms with Crippen molar-refractivity contribution in [3.63, 3.8) is 0 Å². The van der Waals surface area contributed by atoms with Gasteiger partial charge >= 0.3 is 0 Å². The Bertz CT molecular complexity index is 2840. The van der Waals surface area contributed by atoms with Gasteiger partial charge < -0.3 is 19.1 Å². The first-order chi connectivity index (χ1) is 25.4. The minimum Gasteiger partial charge on any atom is -0.509 e. The molecule has 0 spiro atoms. The number of fused-ring (bicyclic) bond motifs is 7. The Morgan fingerprint density at radius 2 is 1.43 bits per heavy atom. The van der Waals surface area contributed by atoms with E-state index in [1.807, 2.05) is 54.1 Å². The van der Waals surface area contributed by atoms with Crippen LogP contribution < -0.4 is 14.5 Å². The van der Waals surface area contributed by atoms with Crippen molar-refractivity contribution < 1.29 is 25.8 Å². The van der Waals surface area contributed by atoms with Crippen LogP contribution in [0, 0.1) is 18.8 Å². The number of thiophene rings is 1. The number of hydrogen-bond acceptors (Lipinski definition) is 6. The largest absolute Gasteiger partial charge is 0.509 e. The zero-order valence-corrected chi connectivity index (χ0v) is 32.2. The van der Waals surface area contributed by atoms with Crippen molar-refractivity contribution in [2.75, 3.05) is 9.80 Å². The molecule has 0 atom stereocenters. The molecule has 0 radical (unpaired) electrons. The first-order valence-electron chi connectivity index (χ1n) is 17.3. The maximum atomic E-state index is 6.53. The molecule has 9 aromatic rings.